The van der Waals surface area contributed by atoms with E-state index in [1.54, 1.807) is 6.07 Å². The maximum Gasteiger partial charge on any atom is 0.166 e. The molecule has 0 radical (unpaired) electrons. The monoisotopic (exact) mass is 294 g/mol. The summed E-state index contributed by atoms with van der Waals surface area (Å²) in [5.41, 5.74) is 0.813. The fourth-order valence-corrected chi connectivity index (χ4v) is 2.52. The van der Waals surface area contributed by atoms with Gasteiger partial charge in [0.05, 0.1) is 6.20 Å². The third kappa shape index (κ3) is 4.61. The first-order chi connectivity index (χ1) is 9.44. The minimum atomic E-state index is -0.341. The minimum Gasteiger partial charge on any atom is -0.312 e. The van der Waals surface area contributed by atoms with Gasteiger partial charge >= 0.3 is 0 Å². The van der Waals surface area contributed by atoms with Gasteiger partial charge in [0.2, 0.25) is 0 Å². The number of pyridine rings is 1. The first-order valence-electron chi connectivity index (χ1n) is 6.63. The summed E-state index contributed by atoms with van der Waals surface area (Å²) in [7, 11) is 0. The highest BCUT2D eigenvalue weighted by Crippen LogP contribution is 2.22. The Morgan fingerprint density at radius 3 is 2.70 bits per heavy atom. The van der Waals surface area contributed by atoms with E-state index in [2.05, 4.69) is 41.3 Å². The molecule has 2 aromatic heterocycles. The first kappa shape index (κ1) is 15.0. The smallest absolute Gasteiger partial charge is 0.166 e. The molecule has 0 aliphatic heterocycles. The van der Waals surface area contributed by atoms with Crippen molar-refractivity contribution in [1.82, 2.24) is 20.5 Å². The molecule has 2 aromatic rings. The molecule has 2 heterocycles. The summed E-state index contributed by atoms with van der Waals surface area (Å²) >= 11 is 1.51. The standard InChI is InChI=1S/C14H19FN4S/c1-14(2,3)17-8-4-5-12-18-19-13(20-12)11-7-6-10(15)9-16-11/h6-7,9,17H,4-5,8H2,1-3H3. The number of hydrogen-bond donors (Lipinski definition) is 1. The number of aromatic nitrogens is 3. The molecule has 4 nitrogen and oxygen atoms in total. The Morgan fingerprint density at radius 2 is 2.05 bits per heavy atom. The van der Waals surface area contributed by atoms with Crippen molar-refractivity contribution in [3.63, 3.8) is 0 Å². The molecule has 2 rings (SSSR count). The van der Waals surface area contributed by atoms with E-state index in [4.69, 9.17) is 0 Å². The largest absolute Gasteiger partial charge is 0.312 e. The van der Waals surface area contributed by atoms with Gasteiger partial charge in [0.15, 0.2) is 5.01 Å². The van der Waals surface area contributed by atoms with E-state index < -0.39 is 0 Å². The summed E-state index contributed by atoms with van der Waals surface area (Å²) in [6, 6.07) is 3.01. The third-order valence-electron chi connectivity index (χ3n) is 2.64. The average Bonchev–Trinajstić information content (AvgIpc) is 2.83. The molecule has 0 atom stereocenters. The molecule has 6 heteroatoms. The van der Waals surface area contributed by atoms with E-state index >= 15 is 0 Å². The molecule has 0 aromatic carbocycles. The van der Waals surface area contributed by atoms with Crippen LogP contribution in [0, 0.1) is 5.82 Å². The van der Waals surface area contributed by atoms with Crippen molar-refractivity contribution in [1.29, 1.82) is 0 Å². The summed E-state index contributed by atoms with van der Waals surface area (Å²) in [5, 5.41) is 13.4. The van der Waals surface area contributed by atoms with Gasteiger partial charge in [-0.05, 0) is 45.9 Å². The SMILES string of the molecule is CC(C)(C)NCCCc1nnc(-c2ccc(F)cn2)s1. The minimum absolute atomic E-state index is 0.143. The Morgan fingerprint density at radius 1 is 1.25 bits per heavy atom. The lowest BCUT2D eigenvalue weighted by atomic mass is 10.1. The van der Waals surface area contributed by atoms with Crippen molar-refractivity contribution in [3.8, 4) is 10.7 Å². The topological polar surface area (TPSA) is 50.7 Å². The van der Waals surface area contributed by atoms with Crippen LogP contribution in [0.3, 0.4) is 0 Å². The predicted molar refractivity (Wildman–Crippen MR) is 79.2 cm³/mol. The molecule has 1 N–H and O–H groups in total. The Labute approximate surface area is 122 Å². The van der Waals surface area contributed by atoms with Crippen LogP contribution in [0.5, 0.6) is 0 Å². The van der Waals surface area contributed by atoms with Crippen LogP contribution in [-0.2, 0) is 6.42 Å². The van der Waals surface area contributed by atoms with Crippen molar-refractivity contribution in [3.05, 3.63) is 29.2 Å². The van der Waals surface area contributed by atoms with Crippen LogP contribution < -0.4 is 5.32 Å². The number of nitrogens with one attached hydrogen (secondary N) is 1. The molecular formula is C14H19FN4S. The molecule has 0 unspecified atom stereocenters. The van der Waals surface area contributed by atoms with Crippen LogP contribution in [0.25, 0.3) is 10.7 Å². The summed E-state index contributed by atoms with van der Waals surface area (Å²) < 4.78 is 12.8. The zero-order chi connectivity index (χ0) is 14.6. The van der Waals surface area contributed by atoms with Crippen LogP contribution in [-0.4, -0.2) is 27.3 Å². The van der Waals surface area contributed by atoms with E-state index in [1.165, 1.54) is 23.6 Å². The molecule has 0 saturated carbocycles. The maximum atomic E-state index is 12.8. The highest BCUT2D eigenvalue weighted by molar-refractivity contribution is 7.14. The van der Waals surface area contributed by atoms with Crippen molar-refractivity contribution >= 4 is 11.3 Å². The van der Waals surface area contributed by atoms with E-state index in [0.29, 0.717) is 5.69 Å². The second-order valence-electron chi connectivity index (χ2n) is 5.64. The summed E-state index contributed by atoms with van der Waals surface area (Å²) in [5.74, 6) is -0.341. The molecule has 108 valence electrons. The third-order valence-corrected chi connectivity index (χ3v) is 3.64. The Kier molecular flexibility index (Phi) is 4.77. The van der Waals surface area contributed by atoms with Crippen LogP contribution in [0.4, 0.5) is 4.39 Å². The van der Waals surface area contributed by atoms with E-state index in [1.807, 2.05) is 0 Å². The Hall–Kier alpha value is -1.40. The number of hydrogen-bond acceptors (Lipinski definition) is 5. The van der Waals surface area contributed by atoms with Crippen molar-refractivity contribution in [2.75, 3.05) is 6.54 Å². The van der Waals surface area contributed by atoms with Crippen LogP contribution in [0.2, 0.25) is 0 Å². The lowest BCUT2D eigenvalue weighted by Crippen LogP contribution is -2.36. The predicted octanol–water partition coefficient (Wildman–Crippen LogP) is 3.06. The van der Waals surface area contributed by atoms with Gasteiger partial charge in [-0.15, -0.1) is 10.2 Å². The molecule has 0 aliphatic carbocycles. The zero-order valence-electron chi connectivity index (χ0n) is 12.0. The second kappa shape index (κ2) is 6.37. The molecule has 0 spiro atoms. The van der Waals surface area contributed by atoms with Gasteiger partial charge in [-0.2, -0.15) is 0 Å². The number of nitrogens with zero attached hydrogens (tertiary/aromatic N) is 3. The van der Waals surface area contributed by atoms with Gasteiger partial charge in [0.1, 0.15) is 16.5 Å². The molecule has 20 heavy (non-hydrogen) atoms. The van der Waals surface area contributed by atoms with E-state index in [9.17, 15) is 4.39 Å². The summed E-state index contributed by atoms with van der Waals surface area (Å²) in [4.78, 5) is 4.01. The quantitative estimate of drug-likeness (QED) is 0.861. The average molecular weight is 294 g/mol. The van der Waals surface area contributed by atoms with Gasteiger partial charge < -0.3 is 5.32 Å². The highest BCUT2D eigenvalue weighted by Gasteiger charge is 2.10. The lowest BCUT2D eigenvalue weighted by Gasteiger charge is -2.20. The van der Waals surface area contributed by atoms with Gasteiger partial charge in [0, 0.05) is 12.0 Å². The van der Waals surface area contributed by atoms with Gasteiger partial charge in [0.25, 0.3) is 0 Å². The fraction of sp³-hybridized carbons (Fsp3) is 0.500. The van der Waals surface area contributed by atoms with Gasteiger partial charge in [-0.3, -0.25) is 4.98 Å². The van der Waals surface area contributed by atoms with Crippen molar-refractivity contribution in [2.45, 2.75) is 39.2 Å². The van der Waals surface area contributed by atoms with E-state index in [-0.39, 0.29) is 11.4 Å². The molecular weight excluding hydrogens is 275 g/mol. The number of halogens is 1. The fourth-order valence-electron chi connectivity index (χ4n) is 1.66. The van der Waals surface area contributed by atoms with Crippen LogP contribution >= 0.6 is 11.3 Å². The summed E-state index contributed by atoms with van der Waals surface area (Å²) in [6.45, 7) is 7.40. The molecule has 0 fully saturated rings. The lowest BCUT2D eigenvalue weighted by molar-refractivity contribution is 0.422. The second-order valence-corrected chi connectivity index (χ2v) is 6.71. The number of rotatable bonds is 5. The normalized spacial score (nSPS) is 11.8. The van der Waals surface area contributed by atoms with Crippen LogP contribution in [0.15, 0.2) is 18.3 Å². The van der Waals surface area contributed by atoms with Gasteiger partial charge in [-0.1, -0.05) is 11.3 Å². The molecule has 0 aliphatic rings. The molecule has 0 amide bonds. The first-order valence-corrected chi connectivity index (χ1v) is 7.45. The Balaban J connectivity index is 1.88. The van der Waals surface area contributed by atoms with Crippen molar-refractivity contribution < 1.29 is 4.39 Å². The zero-order valence-corrected chi connectivity index (χ0v) is 12.8. The van der Waals surface area contributed by atoms with Gasteiger partial charge in [-0.25, -0.2) is 4.39 Å². The maximum absolute atomic E-state index is 12.8. The summed E-state index contributed by atoms with van der Waals surface area (Å²) in [6.07, 6.45) is 3.11. The molecule has 0 bridgehead atoms. The number of aryl methyl sites for hydroxylation is 1. The highest BCUT2D eigenvalue weighted by atomic mass is 32.1. The van der Waals surface area contributed by atoms with Crippen molar-refractivity contribution in [2.24, 2.45) is 0 Å². The molecule has 0 saturated heterocycles. The Bertz CT molecular complexity index is 545. The van der Waals surface area contributed by atoms with Crippen LogP contribution in [0.1, 0.15) is 32.2 Å². The van der Waals surface area contributed by atoms with E-state index in [0.717, 1.165) is 29.4 Å².